The maximum absolute atomic E-state index is 13.8. The van der Waals surface area contributed by atoms with E-state index in [1.165, 1.54) is 10.6 Å². The molecule has 0 aliphatic heterocycles. The van der Waals surface area contributed by atoms with Crippen molar-refractivity contribution in [3.63, 3.8) is 0 Å². The zero-order chi connectivity index (χ0) is 25.5. The highest BCUT2D eigenvalue weighted by Gasteiger charge is 2.30. The molecule has 1 aliphatic carbocycles. The molecule has 1 fully saturated rings. The lowest BCUT2D eigenvalue weighted by molar-refractivity contribution is 0.0863. The normalized spacial score (nSPS) is 17.2. The molecule has 37 heavy (non-hydrogen) atoms. The molecule has 0 heterocycles. The number of carbonyl (C=O) groups excluding carboxylic acids is 2. The summed E-state index contributed by atoms with van der Waals surface area (Å²) in [6, 6.07) is 37.8. The first-order valence-electron chi connectivity index (χ1n) is 12.9. The lowest BCUT2D eigenvalue weighted by Gasteiger charge is -2.33. The highest BCUT2D eigenvalue weighted by atomic mass is 31.1. The van der Waals surface area contributed by atoms with Crippen molar-refractivity contribution in [1.82, 2.24) is 10.6 Å². The van der Waals surface area contributed by atoms with E-state index in [9.17, 15) is 9.59 Å². The van der Waals surface area contributed by atoms with Crippen LogP contribution in [0.3, 0.4) is 0 Å². The van der Waals surface area contributed by atoms with Crippen molar-refractivity contribution in [3.8, 4) is 0 Å². The molecule has 2 atom stereocenters. The summed E-state index contributed by atoms with van der Waals surface area (Å²) in [5.41, 5.74) is 1.33. The van der Waals surface area contributed by atoms with E-state index in [-0.39, 0.29) is 23.9 Å². The predicted molar refractivity (Wildman–Crippen MR) is 153 cm³/mol. The van der Waals surface area contributed by atoms with Gasteiger partial charge in [0.2, 0.25) is 0 Å². The zero-order valence-corrected chi connectivity index (χ0v) is 21.6. The summed E-state index contributed by atoms with van der Waals surface area (Å²) in [5.74, 6) is -0.176. The van der Waals surface area contributed by atoms with Gasteiger partial charge in [-0.15, -0.1) is 0 Å². The van der Waals surface area contributed by atoms with Gasteiger partial charge in [-0.1, -0.05) is 110 Å². The standard InChI is InChI=1S/C32H31N2O2P/c35-31(24-14-4-1-5-15-24)33-28-21-11-12-22-29(28)34-32(36)27-20-10-13-23-30(27)37(25-16-6-2-7-17-25)26-18-8-3-9-19-26/h1-10,13-20,23,28-29H,11-12,21-22H2,(H,33,35)(H,34,36)/t28-,29-/m1/s1. The molecule has 2 amide bonds. The first kappa shape index (κ1) is 24.9. The van der Waals surface area contributed by atoms with Gasteiger partial charge >= 0.3 is 0 Å². The largest absolute Gasteiger partial charge is 0.347 e. The molecule has 0 aromatic heterocycles. The molecule has 4 nitrogen and oxygen atoms in total. The Hall–Kier alpha value is -3.75. The number of hydrogen-bond donors (Lipinski definition) is 2. The highest BCUT2D eigenvalue weighted by Crippen LogP contribution is 2.34. The van der Waals surface area contributed by atoms with Gasteiger partial charge in [0.1, 0.15) is 0 Å². The van der Waals surface area contributed by atoms with Crippen LogP contribution < -0.4 is 26.5 Å². The molecule has 5 heteroatoms. The Morgan fingerprint density at radius 2 is 1.03 bits per heavy atom. The summed E-state index contributed by atoms with van der Waals surface area (Å²) in [7, 11) is -0.908. The Bertz CT molecular complexity index is 1290. The van der Waals surface area contributed by atoms with E-state index in [2.05, 4.69) is 65.2 Å². The number of amides is 2. The minimum Gasteiger partial charge on any atom is -0.347 e. The molecular formula is C32H31N2O2P. The van der Waals surface area contributed by atoms with Gasteiger partial charge in [0.25, 0.3) is 11.8 Å². The SMILES string of the molecule is O=C(N[C@@H]1CCCC[C@H]1NC(=O)c1ccccc1P(c1ccccc1)c1ccccc1)c1ccccc1. The third-order valence-electron chi connectivity index (χ3n) is 6.85. The van der Waals surface area contributed by atoms with Gasteiger partial charge in [-0.2, -0.15) is 0 Å². The lowest BCUT2D eigenvalue weighted by Crippen LogP contribution is -2.53. The minimum atomic E-state index is -0.908. The number of nitrogens with one attached hydrogen (secondary N) is 2. The van der Waals surface area contributed by atoms with Gasteiger partial charge in [0.15, 0.2) is 0 Å². The molecule has 0 bridgehead atoms. The average molecular weight is 507 g/mol. The van der Waals surface area contributed by atoms with E-state index >= 15 is 0 Å². The second kappa shape index (κ2) is 12.0. The second-order valence-corrected chi connectivity index (χ2v) is 11.5. The van der Waals surface area contributed by atoms with Gasteiger partial charge in [0, 0.05) is 23.2 Å². The summed E-state index contributed by atoms with van der Waals surface area (Å²) >= 11 is 0. The second-order valence-electron chi connectivity index (χ2n) is 9.33. The molecule has 0 unspecified atom stereocenters. The molecular weight excluding hydrogens is 475 g/mol. The zero-order valence-electron chi connectivity index (χ0n) is 20.7. The Balaban J connectivity index is 1.41. The van der Waals surface area contributed by atoms with Crippen molar-refractivity contribution in [2.24, 2.45) is 0 Å². The van der Waals surface area contributed by atoms with Crippen LogP contribution >= 0.6 is 7.92 Å². The minimum absolute atomic E-state index is 0.0826. The van der Waals surface area contributed by atoms with Crippen LogP contribution in [0.1, 0.15) is 46.4 Å². The molecule has 186 valence electrons. The third kappa shape index (κ3) is 5.98. The Labute approximate surface area is 219 Å². The van der Waals surface area contributed by atoms with E-state index in [1.54, 1.807) is 0 Å². The molecule has 1 saturated carbocycles. The average Bonchev–Trinajstić information content (AvgIpc) is 2.96. The molecule has 4 aromatic rings. The fraction of sp³-hybridized carbons (Fsp3) is 0.188. The van der Waals surface area contributed by atoms with Crippen LogP contribution in [0.25, 0.3) is 0 Å². The monoisotopic (exact) mass is 506 g/mol. The summed E-state index contributed by atoms with van der Waals surface area (Å²) in [6.07, 6.45) is 3.77. The van der Waals surface area contributed by atoms with Crippen molar-refractivity contribution in [2.75, 3.05) is 0 Å². The predicted octanol–water partition coefficient (Wildman–Crippen LogP) is 4.92. The van der Waals surface area contributed by atoms with Crippen LogP contribution in [0.5, 0.6) is 0 Å². The van der Waals surface area contributed by atoms with Crippen molar-refractivity contribution in [3.05, 3.63) is 126 Å². The van der Waals surface area contributed by atoms with Crippen molar-refractivity contribution < 1.29 is 9.59 Å². The molecule has 5 rings (SSSR count). The van der Waals surface area contributed by atoms with Crippen LogP contribution in [0, 0.1) is 0 Å². The number of benzene rings is 4. The lowest BCUT2D eigenvalue weighted by atomic mass is 9.89. The summed E-state index contributed by atoms with van der Waals surface area (Å²) < 4.78 is 0. The number of hydrogen-bond acceptors (Lipinski definition) is 2. The Morgan fingerprint density at radius 1 is 0.568 bits per heavy atom. The molecule has 0 radical (unpaired) electrons. The maximum atomic E-state index is 13.8. The number of rotatable bonds is 7. The Kier molecular flexibility index (Phi) is 8.08. The molecule has 0 saturated heterocycles. The fourth-order valence-corrected chi connectivity index (χ4v) is 7.45. The van der Waals surface area contributed by atoms with Crippen LogP contribution in [0.15, 0.2) is 115 Å². The third-order valence-corrected chi connectivity index (χ3v) is 9.35. The quantitative estimate of drug-likeness (QED) is 0.350. The smallest absolute Gasteiger partial charge is 0.252 e. The van der Waals surface area contributed by atoms with E-state index in [0.717, 1.165) is 31.0 Å². The van der Waals surface area contributed by atoms with E-state index < -0.39 is 7.92 Å². The van der Waals surface area contributed by atoms with E-state index in [1.807, 2.05) is 60.7 Å². The molecule has 4 aromatic carbocycles. The first-order chi connectivity index (χ1) is 18.2. The van der Waals surface area contributed by atoms with Crippen LogP contribution in [-0.2, 0) is 0 Å². The van der Waals surface area contributed by atoms with Gasteiger partial charge in [-0.3, -0.25) is 9.59 Å². The summed E-state index contributed by atoms with van der Waals surface area (Å²) in [5, 5.41) is 9.92. The van der Waals surface area contributed by atoms with E-state index in [4.69, 9.17) is 0 Å². The summed E-state index contributed by atoms with van der Waals surface area (Å²) in [6.45, 7) is 0. The Morgan fingerprint density at radius 3 is 1.59 bits per heavy atom. The van der Waals surface area contributed by atoms with E-state index in [0.29, 0.717) is 11.1 Å². The number of carbonyl (C=O) groups is 2. The van der Waals surface area contributed by atoms with Gasteiger partial charge in [-0.25, -0.2) is 0 Å². The van der Waals surface area contributed by atoms with Gasteiger partial charge < -0.3 is 10.6 Å². The molecule has 0 spiro atoms. The molecule has 1 aliphatic rings. The van der Waals surface area contributed by atoms with Gasteiger partial charge in [0.05, 0.1) is 0 Å². The summed E-state index contributed by atoms with van der Waals surface area (Å²) in [4.78, 5) is 26.6. The van der Waals surface area contributed by atoms with Crippen LogP contribution in [-0.4, -0.2) is 23.9 Å². The molecule has 2 N–H and O–H groups in total. The first-order valence-corrected chi connectivity index (χ1v) is 14.2. The van der Waals surface area contributed by atoms with Crippen molar-refractivity contribution >= 4 is 35.6 Å². The highest BCUT2D eigenvalue weighted by molar-refractivity contribution is 7.80. The fourth-order valence-electron chi connectivity index (χ4n) is 5.01. The van der Waals surface area contributed by atoms with Crippen LogP contribution in [0.2, 0.25) is 0 Å². The van der Waals surface area contributed by atoms with Crippen molar-refractivity contribution in [1.29, 1.82) is 0 Å². The maximum Gasteiger partial charge on any atom is 0.252 e. The van der Waals surface area contributed by atoms with Gasteiger partial charge in [-0.05, 0) is 54.9 Å². The van der Waals surface area contributed by atoms with Crippen LogP contribution in [0.4, 0.5) is 0 Å². The van der Waals surface area contributed by atoms with Crippen molar-refractivity contribution in [2.45, 2.75) is 37.8 Å². The topological polar surface area (TPSA) is 58.2 Å².